The predicted molar refractivity (Wildman–Crippen MR) is 65.0 cm³/mol. The molecule has 4 heteroatoms. The van der Waals surface area contributed by atoms with Crippen LogP contribution in [0.5, 0.6) is 0 Å². The maximum atomic E-state index is 11.0. The van der Waals surface area contributed by atoms with Crippen LogP contribution in [0.3, 0.4) is 0 Å². The van der Waals surface area contributed by atoms with E-state index in [1.807, 2.05) is 0 Å². The Morgan fingerprint density at radius 1 is 1.53 bits per heavy atom. The fourth-order valence-electron chi connectivity index (χ4n) is 1.19. The summed E-state index contributed by atoms with van der Waals surface area (Å²) in [6.07, 6.45) is 0.664. The number of aldehydes is 1. The van der Waals surface area contributed by atoms with E-state index in [1.54, 1.807) is 25.1 Å². The lowest BCUT2D eigenvalue weighted by atomic mass is 10.1. The molecule has 3 nitrogen and oxygen atoms in total. The van der Waals surface area contributed by atoms with Crippen LogP contribution in [0.25, 0.3) is 0 Å². The summed E-state index contributed by atoms with van der Waals surface area (Å²) in [4.78, 5) is 21.8. The van der Waals surface area contributed by atoms with Crippen molar-refractivity contribution in [2.45, 2.75) is 13.3 Å². The molecule has 0 N–H and O–H groups in total. The minimum absolute atomic E-state index is 0.0165. The SMILES string of the molecule is CCOC(=O)CC#Cc1c(Cl)cccc1C=O. The molecule has 0 fully saturated rings. The Kier molecular flexibility index (Phi) is 5.25. The Morgan fingerprint density at radius 2 is 2.29 bits per heavy atom. The highest BCUT2D eigenvalue weighted by molar-refractivity contribution is 6.32. The zero-order valence-electron chi connectivity index (χ0n) is 9.33. The molecule has 0 unspecified atom stereocenters. The summed E-state index contributed by atoms with van der Waals surface area (Å²) in [6.45, 7) is 2.05. The van der Waals surface area contributed by atoms with Crippen molar-refractivity contribution < 1.29 is 14.3 Å². The van der Waals surface area contributed by atoms with Gasteiger partial charge < -0.3 is 4.74 Å². The number of carbonyl (C=O) groups is 2. The van der Waals surface area contributed by atoms with Gasteiger partial charge in [-0.25, -0.2) is 0 Å². The van der Waals surface area contributed by atoms with Crippen LogP contribution < -0.4 is 0 Å². The number of rotatable bonds is 3. The third-order valence-electron chi connectivity index (χ3n) is 1.92. The van der Waals surface area contributed by atoms with E-state index in [-0.39, 0.29) is 12.4 Å². The van der Waals surface area contributed by atoms with Gasteiger partial charge >= 0.3 is 5.97 Å². The number of benzene rings is 1. The second-order valence-electron chi connectivity index (χ2n) is 3.11. The normalized spacial score (nSPS) is 9.06. The molecule has 0 saturated carbocycles. The minimum Gasteiger partial charge on any atom is -0.465 e. The van der Waals surface area contributed by atoms with Gasteiger partial charge in [0.2, 0.25) is 0 Å². The molecule has 0 radical (unpaired) electrons. The van der Waals surface area contributed by atoms with Gasteiger partial charge in [-0.15, -0.1) is 0 Å². The van der Waals surface area contributed by atoms with E-state index in [2.05, 4.69) is 11.8 Å². The first-order valence-electron chi connectivity index (χ1n) is 5.07. The largest absolute Gasteiger partial charge is 0.465 e. The molecule has 0 aromatic heterocycles. The lowest BCUT2D eigenvalue weighted by molar-refractivity contribution is -0.141. The van der Waals surface area contributed by atoms with E-state index >= 15 is 0 Å². The maximum absolute atomic E-state index is 11.0. The van der Waals surface area contributed by atoms with Crippen molar-refractivity contribution in [3.05, 3.63) is 34.3 Å². The standard InChI is InChI=1S/C13H11ClO3/c1-2-17-13(16)8-4-6-11-10(9-15)5-3-7-12(11)14/h3,5,7,9H,2,8H2,1H3. The number of carbonyl (C=O) groups excluding carboxylic acids is 2. The summed E-state index contributed by atoms with van der Waals surface area (Å²) in [5.74, 6) is 4.95. The summed E-state index contributed by atoms with van der Waals surface area (Å²) in [6, 6.07) is 4.93. The van der Waals surface area contributed by atoms with Gasteiger partial charge in [0, 0.05) is 5.56 Å². The van der Waals surface area contributed by atoms with E-state index in [0.717, 1.165) is 0 Å². The van der Waals surface area contributed by atoms with E-state index in [4.69, 9.17) is 16.3 Å². The summed E-state index contributed by atoms with van der Waals surface area (Å²) in [5, 5.41) is 0.394. The van der Waals surface area contributed by atoms with E-state index in [0.29, 0.717) is 29.0 Å². The molecule has 0 aliphatic rings. The highest BCUT2D eigenvalue weighted by Gasteiger charge is 2.03. The van der Waals surface area contributed by atoms with Crippen LogP contribution in [0.1, 0.15) is 29.3 Å². The molecule has 0 bridgehead atoms. The molecule has 0 amide bonds. The van der Waals surface area contributed by atoms with Gasteiger partial charge in [-0.05, 0) is 13.0 Å². The molecule has 0 spiro atoms. The van der Waals surface area contributed by atoms with Gasteiger partial charge in [0.05, 0.1) is 17.2 Å². The number of halogens is 1. The molecule has 17 heavy (non-hydrogen) atoms. The van der Waals surface area contributed by atoms with Crippen molar-refractivity contribution in [1.29, 1.82) is 0 Å². The fraction of sp³-hybridized carbons (Fsp3) is 0.231. The van der Waals surface area contributed by atoms with Gasteiger partial charge in [-0.1, -0.05) is 35.6 Å². The predicted octanol–water partition coefficient (Wildman–Crippen LogP) is 2.46. The average Bonchev–Trinajstić information content (AvgIpc) is 2.31. The average molecular weight is 251 g/mol. The zero-order chi connectivity index (χ0) is 12.7. The smallest absolute Gasteiger partial charge is 0.317 e. The molecule has 1 aromatic rings. The van der Waals surface area contributed by atoms with E-state index in [1.165, 1.54) is 0 Å². The van der Waals surface area contributed by atoms with Gasteiger partial charge in [0.15, 0.2) is 6.29 Å². The van der Waals surface area contributed by atoms with Gasteiger partial charge in [0.25, 0.3) is 0 Å². The van der Waals surface area contributed by atoms with Crippen molar-refractivity contribution in [1.82, 2.24) is 0 Å². The topological polar surface area (TPSA) is 43.4 Å². The summed E-state index contributed by atoms with van der Waals surface area (Å²) < 4.78 is 4.72. The molecule has 1 aromatic carbocycles. The lowest BCUT2D eigenvalue weighted by Crippen LogP contribution is -2.01. The highest BCUT2D eigenvalue weighted by atomic mass is 35.5. The molecule has 1 rings (SSSR count). The monoisotopic (exact) mass is 250 g/mol. The first kappa shape index (κ1) is 13.3. The van der Waals surface area contributed by atoms with E-state index in [9.17, 15) is 9.59 Å². The van der Waals surface area contributed by atoms with Gasteiger partial charge in [0.1, 0.15) is 6.42 Å². The van der Waals surface area contributed by atoms with Gasteiger partial charge in [-0.2, -0.15) is 0 Å². The maximum Gasteiger partial charge on any atom is 0.317 e. The zero-order valence-corrected chi connectivity index (χ0v) is 10.1. The van der Waals surface area contributed by atoms with Crippen molar-refractivity contribution >= 4 is 23.9 Å². The van der Waals surface area contributed by atoms with Crippen molar-refractivity contribution in [3.63, 3.8) is 0 Å². The third-order valence-corrected chi connectivity index (χ3v) is 2.24. The van der Waals surface area contributed by atoms with Crippen molar-refractivity contribution in [2.75, 3.05) is 6.61 Å². The summed E-state index contributed by atoms with van der Waals surface area (Å²) in [5.41, 5.74) is 0.849. The molecular formula is C13H11ClO3. The summed E-state index contributed by atoms with van der Waals surface area (Å²) >= 11 is 5.91. The molecule has 0 aliphatic heterocycles. The number of ether oxygens (including phenoxy) is 1. The van der Waals surface area contributed by atoms with E-state index < -0.39 is 0 Å². The Labute approximate surface area is 105 Å². The van der Waals surface area contributed by atoms with Crippen LogP contribution in [0.2, 0.25) is 5.02 Å². The van der Waals surface area contributed by atoms with Crippen LogP contribution in [-0.2, 0) is 9.53 Å². The fourth-order valence-corrected chi connectivity index (χ4v) is 1.42. The Balaban J connectivity index is 2.84. The van der Waals surface area contributed by atoms with Crippen LogP contribution in [0, 0.1) is 11.8 Å². The van der Waals surface area contributed by atoms with Gasteiger partial charge in [-0.3, -0.25) is 9.59 Å². The first-order valence-corrected chi connectivity index (χ1v) is 5.45. The number of hydrogen-bond donors (Lipinski definition) is 0. The molecular weight excluding hydrogens is 240 g/mol. The molecule has 0 aliphatic carbocycles. The van der Waals surface area contributed by atoms with Crippen LogP contribution in [0.4, 0.5) is 0 Å². The van der Waals surface area contributed by atoms with Crippen molar-refractivity contribution in [3.8, 4) is 11.8 Å². The lowest BCUT2D eigenvalue weighted by Gasteiger charge is -1.98. The van der Waals surface area contributed by atoms with Crippen LogP contribution >= 0.6 is 11.6 Å². The second kappa shape index (κ2) is 6.72. The highest BCUT2D eigenvalue weighted by Crippen LogP contribution is 2.17. The summed E-state index contributed by atoms with van der Waals surface area (Å²) in [7, 11) is 0. The Hall–Kier alpha value is -1.79. The second-order valence-corrected chi connectivity index (χ2v) is 3.51. The quantitative estimate of drug-likeness (QED) is 0.470. The number of esters is 1. The van der Waals surface area contributed by atoms with Crippen molar-refractivity contribution in [2.24, 2.45) is 0 Å². The minimum atomic E-state index is -0.389. The molecule has 0 saturated heterocycles. The van der Waals surface area contributed by atoms with Crippen LogP contribution in [-0.4, -0.2) is 18.9 Å². The Bertz CT molecular complexity index is 483. The molecule has 88 valence electrons. The van der Waals surface area contributed by atoms with Crippen LogP contribution in [0.15, 0.2) is 18.2 Å². The third kappa shape index (κ3) is 3.93. The first-order chi connectivity index (χ1) is 8.19. The Morgan fingerprint density at radius 3 is 2.94 bits per heavy atom. The molecule has 0 heterocycles. The molecule has 0 atom stereocenters. The number of hydrogen-bond acceptors (Lipinski definition) is 3.